The summed E-state index contributed by atoms with van der Waals surface area (Å²) in [4.78, 5) is 12.9. The van der Waals surface area contributed by atoms with E-state index >= 15 is 0 Å². The Morgan fingerprint density at radius 2 is 2.08 bits per heavy atom. The minimum atomic E-state index is -0.175. The average Bonchev–Trinajstić information content (AvgIpc) is 2.40. The highest BCUT2D eigenvalue weighted by molar-refractivity contribution is 5.93. The van der Waals surface area contributed by atoms with Gasteiger partial charge in [-0.2, -0.15) is 0 Å². The lowest BCUT2D eigenvalue weighted by Crippen LogP contribution is -1.63. The summed E-state index contributed by atoms with van der Waals surface area (Å²) in [6.07, 6.45) is 0. The molecule has 0 fully saturated rings. The third kappa shape index (κ3) is 0.780. The fraction of sp³-hybridized carbons (Fsp3) is 0. The van der Waals surface area contributed by atoms with E-state index < -0.39 is 0 Å². The summed E-state index contributed by atoms with van der Waals surface area (Å²) < 4.78 is 0. The Balaban J connectivity index is 2.90. The van der Waals surface area contributed by atoms with Gasteiger partial charge in [0, 0.05) is 5.39 Å². The number of nitroso groups, excluding NO2 is 1. The minimum absolute atomic E-state index is 0.0746. The second-order valence-electron chi connectivity index (χ2n) is 2.46. The quantitative estimate of drug-likeness (QED) is 0.631. The first-order valence-electron chi connectivity index (χ1n) is 3.46. The smallest absolute Gasteiger partial charge is 0.219 e. The average molecular weight is 162 g/mol. The molecule has 0 atom stereocenters. The van der Waals surface area contributed by atoms with Gasteiger partial charge in [-0.3, -0.25) is 0 Å². The van der Waals surface area contributed by atoms with Crippen molar-refractivity contribution in [3.05, 3.63) is 29.2 Å². The molecular formula is C8H6N2O2. The molecule has 0 amide bonds. The standard InChI is InChI=1S/C8H6N2O2/c11-8-7(10-12)5-3-1-2-4-6(5)9-8/h1-4,9,11H. The van der Waals surface area contributed by atoms with Crippen LogP contribution in [0.3, 0.4) is 0 Å². The lowest BCUT2D eigenvalue weighted by molar-refractivity contribution is 0.460. The van der Waals surface area contributed by atoms with E-state index in [-0.39, 0.29) is 11.6 Å². The van der Waals surface area contributed by atoms with Crippen molar-refractivity contribution in [2.24, 2.45) is 5.18 Å². The van der Waals surface area contributed by atoms with Crippen LogP contribution in [0.4, 0.5) is 5.69 Å². The number of aromatic nitrogens is 1. The maximum absolute atomic E-state index is 10.3. The van der Waals surface area contributed by atoms with E-state index in [1.54, 1.807) is 18.2 Å². The minimum Gasteiger partial charge on any atom is -0.493 e. The van der Waals surface area contributed by atoms with Gasteiger partial charge in [0.05, 0.1) is 5.52 Å². The number of H-pyrrole nitrogens is 1. The van der Waals surface area contributed by atoms with Crippen LogP contribution in [0.25, 0.3) is 10.9 Å². The maximum Gasteiger partial charge on any atom is 0.219 e. The Bertz CT molecular complexity index is 434. The molecule has 4 nitrogen and oxygen atoms in total. The Hall–Kier alpha value is -1.84. The number of hydrogen-bond acceptors (Lipinski definition) is 3. The predicted octanol–water partition coefficient (Wildman–Crippen LogP) is 2.27. The van der Waals surface area contributed by atoms with E-state index in [4.69, 9.17) is 0 Å². The van der Waals surface area contributed by atoms with Gasteiger partial charge in [0.2, 0.25) is 5.88 Å². The molecule has 2 rings (SSSR count). The topological polar surface area (TPSA) is 65.4 Å². The molecule has 0 aliphatic heterocycles. The van der Waals surface area contributed by atoms with Crippen molar-refractivity contribution in [1.29, 1.82) is 0 Å². The Morgan fingerprint density at radius 3 is 2.83 bits per heavy atom. The number of nitrogens with one attached hydrogen (secondary N) is 1. The summed E-state index contributed by atoms with van der Waals surface area (Å²) in [5.74, 6) is -0.175. The van der Waals surface area contributed by atoms with Crippen LogP contribution in [0.15, 0.2) is 29.4 Å². The third-order valence-corrected chi connectivity index (χ3v) is 1.75. The SMILES string of the molecule is O=Nc1c(O)[nH]c2ccccc12. The summed E-state index contributed by atoms with van der Waals surface area (Å²) in [5, 5.41) is 12.6. The predicted molar refractivity (Wildman–Crippen MR) is 45.4 cm³/mol. The Labute approximate surface area is 67.8 Å². The van der Waals surface area contributed by atoms with E-state index in [2.05, 4.69) is 10.2 Å². The van der Waals surface area contributed by atoms with Gasteiger partial charge in [0.1, 0.15) is 0 Å². The highest BCUT2D eigenvalue weighted by Crippen LogP contribution is 2.34. The molecule has 2 N–H and O–H groups in total. The van der Waals surface area contributed by atoms with Gasteiger partial charge in [0.25, 0.3) is 0 Å². The van der Waals surface area contributed by atoms with Crippen molar-refractivity contribution in [1.82, 2.24) is 4.98 Å². The number of para-hydroxylation sites is 1. The van der Waals surface area contributed by atoms with E-state index in [1.165, 1.54) is 0 Å². The molecule has 0 saturated heterocycles. The molecular weight excluding hydrogens is 156 g/mol. The fourth-order valence-electron chi connectivity index (χ4n) is 1.21. The molecule has 0 radical (unpaired) electrons. The monoisotopic (exact) mass is 162 g/mol. The number of rotatable bonds is 1. The summed E-state index contributed by atoms with van der Waals surface area (Å²) in [7, 11) is 0. The van der Waals surface area contributed by atoms with Crippen LogP contribution < -0.4 is 0 Å². The van der Waals surface area contributed by atoms with E-state index in [9.17, 15) is 10.0 Å². The number of nitrogens with zero attached hydrogens (tertiary/aromatic N) is 1. The van der Waals surface area contributed by atoms with Crippen LogP contribution >= 0.6 is 0 Å². The zero-order valence-electron chi connectivity index (χ0n) is 6.11. The molecule has 0 aliphatic rings. The van der Waals surface area contributed by atoms with Crippen LogP contribution in [0.1, 0.15) is 0 Å². The van der Waals surface area contributed by atoms with Crippen LogP contribution in [0, 0.1) is 4.91 Å². The van der Waals surface area contributed by atoms with Gasteiger partial charge in [-0.15, -0.1) is 4.91 Å². The van der Waals surface area contributed by atoms with Gasteiger partial charge in [-0.1, -0.05) is 18.2 Å². The van der Waals surface area contributed by atoms with Gasteiger partial charge in [0.15, 0.2) is 5.69 Å². The first-order valence-corrected chi connectivity index (χ1v) is 3.46. The molecule has 0 spiro atoms. The largest absolute Gasteiger partial charge is 0.493 e. The zero-order chi connectivity index (χ0) is 8.55. The van der Waals surface area contributed by atoms with Crippen molar-refractivity contribution < 1.29 is 5.11 Å². The molecule has 0 aliphatic carbocycles. The second kappa shape index (κ2) is 2.34. The van der Waals surface area contributed by atoms with E-state index in [0.717, 1.165) is 0 Å². The highest BCUT2D eigenvalue weighted by atomic mass is 16.3. The van der Waals surface area contributed by atoms with Crippen molar-refractivity contribution in [3.8, 4) is 5.88 Å². The number of hydrogen-bond donors (Lipinski definition) is 2. The Kier molecular flexibility index (Phi) is 1.33. The van der Waals surface area contributed by atoms with E-state index in [0.29, 0.717) is 10.9 Å². The molecule has 1 aromatic heterocycles. The van der Waals surface area contributed by atoms with Gasteiger partial charge in [-0.25, -0.2) is 0 Å². The fourth-order valence-corrected chi connectivity index (χ4v) is 1.21. The molecule has 1 aromatic carbocycles. The molecule has 60 valence electrons. The summed E-state index contributed by atoms with van der Waals surface area (Å²) >= 11 is 0. The third-order valence-electron chi connectivity index (χ3n) is 1.75. The normalized spacial score (nSPS) is 10.3. The second-order valence-corrected chi connectivity index (χ2v) is 2.46. The maximum atomic E-state index is 10.3. The molecule has 1 heterocycles. The lowest BCUT2D eigenvalue weighted by atomic mass is 10.2. The zero-order valence-corrected chi connectivity index (χ0v) is 6.11. The van der Waals surface area contributed by atoms with Crippen molar-refractivity contribution in [3.63, 3.8) is 0 Å². The lowest BCUT2D eigenvalue weighted by Gasteiger charge is -1.85. The van der Waals surface area contributed by atoms with Crippen molar-refractivity contribution in [2.75, 3.05) is 0 Å². The van der Waals surface area contributed by atoms with Crippen LogP contribution in [0.2, 0.25) is 0 Å². The molecule has 0 saturated carbocycles. The highest BCUT2D eigenvalue weighted by Gasteiger charge is 2.09. The summed E-state index contributed by atoms with van der Waals surface area (Å²) in [5.41, 5.74) is 0.787. The van der Waals surface area contributed by atoms with Gasteiger partial charge < -0.3 is 10.1 Å². The van der Waals surface area contributed by atoms with E-state index in [1.807, 2.05) is 6.07 Å². The van der Waals surface area contributed by atoms with Crippen LogP contribution in [-0.2, 0) is 0 Å². The number of aromatic hydroxyl groups is 1. The van der Waals surface area contributed by atoms with Crippen LogP contribution in [0.5, 0.6) is 5.88 Å². The Morgan fingerprint density at radius 1 is 1.33 bits per heavy atom. The molecule has 0 unspecified atom stereocenters. The first kappa shape index (κ1) is 6.84. The molecule has 0 bridgehead atoms. The summed E-state index contributed by atoms with van der Waals surface area (Å²) in [6, 6.07) is 7.09. The first-order chi connectivity index (χ1) is 5.83. The molecule has 12 heavy (non-hydrogen) atoms. The number of fused-ring (bicyclic) bond motifs is 1. The van der Waals surface area contributed by atoms with Crippen molar-refractivity contribution >= 4 is 16.6 Å². The molecule has 2 aromatic rings. The van der Waals surface area contributed by atoms with Gasteiger partial charge >= 0.3 is 0 Å². The van der Waals surface area contributed by atoms with Gasteiger partial charge in [-0.05, 0) is 11.2 Å². The molecule has 4 heteroatoms. The number of aromatic amines is 1. The number of benzene rings is 1. The summed E-state index contributed by atoms with van der Waals surface area (Å²) in [6.45, 7) is 0. The van der Waals surface area contributed by atoms with Crippen molar-refractivity contribution in [2.45, 2.75) is 0 Å². The van der Waals surface area contributed by atoms with Crippen LogP contribution in [-0.4, -0.2) is 10.1 Å².